The molecule has 0 aromatic heterocycles. The van der Waals surface area contributed by atoms with Crippen molar-refractivity contribution in [2.75, 3.05) is 0 Å². The standard InChI is InChI=1S/C15H14N2O4/c1-10-7-12(17(20)21)5-6-14(10)15(19)16-9-11-3-2-4-13(18)8-11/h2-8,18H,9H2,1H3,(H,16,19). The maximum atomic E-state index is 12.1. The van der Waals surface area contributed by atoms with E-state index in [0.717, 1.165) is 5.56 Å². The quantitative estimate of drug-likeness (QED) is 0.667. The van der Waals surface area contributed by atoms with Gasteiger partial charge in [0, 0.05) is 24.2 Å². The largest absolute Gasteiger partial charge is 0.508 e. The van der Waals surface area contributed by atoms with Crippen molar-refractivity contribution in [1.82, 2.24) is 5.32 Å². The molecular formula is C15H14N2O4. The van der Waals surface area contributed by atoms with Gasteiger partial charge in [0.1, 0.15) is 5.75 Å². The lowest BCUT2D eigenvalue weighted by Crippen LogP contribution is -2.23. The summed E-state index contributed by atoms with van der Waals surface area (Å²) in [7, 11) is 0. The molecule has 0 aliphatic heterocycles. The zero-order valence-corrected chi connectivity index (χ0v) is 11.4. The molecule has 2 N–H and O–H groups in total. The average molecular weight is 286 g/mol. The van der Waals surface area contributed by atoms with Crippen LogP contribution in [-0.4, -0.2) is 15.9 Å². The van der Waals surface area contributed by atoms with Crippen LogP contribution in [0.25, 0.3) is 0 Å². The van der Waals surface area contributed by atoms with Crippen LogP contribution in [0.4, 0.5) is 5.69 Å². The fourth-order valence-electron chi connectivity index (χ4n) is 1.96. The molecular weight excluding hydrogens is 272 g/mol. The summed E-state index contributed by atoms with van der Waals surface area (Å²) in [6.07, 6.45) is 0. The van der Waals surface area contributed by atoms with Gasteiger partial charge in [0.15, 0.2) is 0 Å². The van der Waals surface area contributed by atoms with Crippen molar-refractivity contribution < 1.29 is 14.8 Å². The first kappa shape index (κ1) is 14.5. The summed E-state index contributed by atoms with van der Waals surface area (Å²) in [5.41, 5.74) is 1.65. The van der Waals surface area contributed by atoms with E-state index in [2.05, 4.69) is 5.32 Å². The third kappa shape index (κ3) is 3.56. The number of rotatable bonds is 4. The first-order valence-corrected chi connectivity index (χ1v) is 6.28. The summed E-state index contributed by atoms with van der Waals surface area (Å²) in [5.74, 6) is -0.181. The minimum atomic E-state index is -0.499. The molecule has 0 saturated heterocycles. The highest BCUT2D eigenvalue weighted by atomic mass is 16.6. The molecule has 0 saturated carbocycles. The Balaban J connectivity index is 2.08. The second kappa shape index (κ2) is 6.04. The number of hydrogen-bond donors (Lipinski definition) is 2. The van der Waals surface area contributed by atoms with Gasteiger partial charge in [-0.25, -0.2) is 0 Å². The molecule has 0 fully saturated rings. The van der Waals surface area contributed by atoms with Crippen LogP contribution in [0.1, 0.15) is 21.5 Å². The summed E-state index contributed by atoms with van der Waals surface area (Å²) < 4.78 is 0. The molecule has 0 radical (unpaired) electrons. The predicted octanol–water partition coefficient (Wildman–Crippen LogP) is 2.54. The zero-order chi connectivity index (χ0) is 15.4. The van der Waals surface area contributed by atoms with E-state index < -0.39 is 4.92 Å². The van der Waals surface area contributed by atoms with Crippen molar-refractivity contribution in [3.05, 3.63) is 69.3 Å². The zero-order valence-electron chi connectivity index (χ0n) is 11.4. The van der Waals surface area contributed by atoms with Crippen molar-refractivity contribution in [1.29, 1.82) is 0 Å². The molecule has 6 nitrogen and oxygen atoms in total. The number of amides is 1. The Morgan fingerprint density at radius 3 is 2.67 bits per heavy atom. The third-order valence-electron chi connectivity index (χ3n) is 3.03. The lowest BCUT2D eigenvalue weighted by atomic mass is 10.1. The summed E-state index contributed by atoms with van der Waals surface area (Å²) in [4.78, 5) is 22.2. The number of nitro groups is 1. The Labute approximate surface area is 121 Å². The van der Waals surface area contributed by atoms with Gasteiger partial charge in [-0.15, -0.1) is 0 Å². The SMILES string of the molecule is Cc1cc([N+](=O)[O-])ccc1C(=O)NCc1cccc(O)c1. The van der Waals surface area contributed by atoms with Gasteiger partial charge in [-0.3, -0.25) is 14.9 Å². The Morgan fingerprint density at radius 1 is 1.29 bits per heavy atom. The lowest BCUT2D eigenvalue weighted by Gasteiger charge is -2.08. The van der Waals surface area contributed by atoms with E-state index >= 15 is 0 Å². The van der Waals surface area contributed by atoms with Crippen LogP contribution < -0.4 is 5.32 Å². The number of benzene rings is 2. The number of carbonyl (C=O) groups excluding carboxylic acids is 1. The number of carbonyl (C=O) groups is 1. The Bertz CT molecular complexity index is 698. The van der Waals surface area contributed by atoms with Gasteiger partial charge < -0.3 is 10.4 Å². The molecule has 2 aromatic rings. The molecule has 2 aromatic carbocycles. The molecule has 1 amide bonds. The number of hydrogen-bond acceptors (Lipinski definition) is 4. The molecule has 0 aliphatic carbocycles. The summed E-state index contributed by atoms with van der Waals surface area (Å²) in [5, 5.41) is 22.7. The maximum absolute atomic E-state index is 12.1. The number of phenols is 1. The number of non-ortho nitro benzene ring substituents is 1. The van der Waals surface area contributed by atoms with Crippen molar-refractivity contribution >= 4 is 11.6 Å². The van der Waals surface area contributed by atoms with Crippen LogP contribution >= 0.6 is 0 Å². The van der Waals surface area contributed by atoms with Crippen LogP contribution in [0.3, 0.4) is 0 Å². The van der Waals surface area contributed by atoms with Gasteiger partial charge in [-0.1, -0.05) is 12.1 Å². The Kier molecular flexibility index (Phi) is 4.18. The normalized spacial score (nSPS) is 10.1. The Morgan fingerprint density at radius 2 is 2.05 bits per heavy atom. The molecule has 0 aliphatic rings. The smallest absolute Gasteiger partial charge is 0.269 e. The van der Waals surface area contributed by atoms with Gasteiger partial charge >= 0.3 is 0 Å². The van der Waals surface area contributed by atoms with Crippen LogP contribution in [0.5, 0.6) is 5.75 Å². The van der Waals surface area contributed by atoms with E-state index in [4.69, 9.17) is 0 Å². The topological polar surface area (TPSA) is 92.5 Å². The first-order chi connectivity index (χ1) is 9.97. The third-order valence-corrected chi connectivity index (χ3v) is 3.03. The molecule has 2 rings (SSSR count). The molecule has 0 heterocycles. The van der Waals surface area contributed by atoms with Gasteiger partial charge in [-0.2, -0.15) is 0 Å². The van der Waals surface area contributed by atoms with Gasteiger partial charge in [-0.05, 0) is 36.2 Å². The molecule has 0 atom stereocenters. The van der Waals surface area contributed by atoms with E-state index in [1.807, 2.05) is 0 Å². The number of phenolic OH excluding ortho intramolecular Hbond substituents is 1. The highest BCUT2D eigenvalue weighted by Crippen LogP contribution is 2.17. The summed E-state index contributed by atoms with van der Waals surface area (Å²) >= 11 is 0. The first-order valence-electron chi connectivity index (χ1n) is 6.28. The van der Waals surface area contributed by atoms with E-state index in [1.165, 1.54) is 18.2 Å². The number of nitrogens with zero attached hydrogens (tertiary/aromatic N) is 1. The number of nitrogens with one attached hydrogen (secondary N) is 1. The average Bonchev–Trinajstić information content (AvgIpc) is 2.44. The van der Waals surface area contributed by atoms with Crippen LogP contribution in [-0.2, 0) is 6.54 Å². The lowest BCUT2D eigenvalue weighted by molar-refractivity contribution is -0.384. The van der Waals surface area contributed by atoms with Crippen LogP contribution in [0.2, 0.25) is 0 Å². The highest BCUT2D eigenvalue weighted by Gasteiger charge is 2.13. The molecule has 0 bridgehead atoms. The van der Waals surface area contributed by atoms with Gasteiger partial charge in [0.2, 0.25) is 0 Å². The minimum Gasteiger partial charge on any atom is -0.508 e. The van der Waals surface area contributed by atoms with Gasteiger partial charge in [0.25, 0.3) is 11.6 Å². The molecule has 6 heteroatoms. The molecule has 0 unspecified atom stereocenters. The van der Waals surface area contributed by atoms with Crippen LogP contribution in [0.15, 0.2) is 42.5 Å². The Hall–Kier alpha value is -2.89. The van der Waals surface area contributed by atoms with E-state index in [0.29, 0.717) is 11.1 Å². The van der Waals surface area contributed by atoms with E-state index in [-0.39, 0.29) is 23.9 Å². The van der Waals surface area contributed by atoms with Crippen molar-refractivity contribution in [2.24, 2.45) is 0 Å². The molecule has 21 heavy (non-hydrogen) atoms. The van der Waals surface area contributed by atoms with Crippen molar-refractivity contribution in [3.8, 4) is 5.75 Å². The fourth-order valence-corrected chi connectivity index (χ4v) is 1.96. The monoisotopic (exact) mass is 286 g/mol. The summed E-state index contributed by atoms with van der Waals surface area (Å²) in [6.45, 7) is 1.92. The number of nitro benzene ring substituents is 1. The highest BCUT2D eigenvalue weighted by molar-refractivity contribution is 5.95. The van der Waals surface area contributed by atoms with Crippen molar-refractivity contribution in [3.63, 3.8) is 0 Å². The van der Waals surface area contributed by atoms with E-state index in [1.54, 1.807) is 31.2 Å². The van der Waals surface area contributed by atoms with Crippen molar-refractivity contribution in [2.45, 2.75) is 13.5 Å². The van der Waals surface area contributed by atoms with Crippen LogP contribution in [0, 0.1) is 17.0 Å². The summed E-state index contributed by atoms with van der Waals surface area (Å²) in [6, 6.07) is 10.7. The second-order valence-corrected chi connectivity index (χ2v) is 4.61. The van der Waals surface area contributed by atoms with E-state index in [9.17, 15) is 20.0 Å². The number of aromatic hydroxyl groups is 1. The number of aryl methyl sites for hydroxylation is 1. The van der Waals surface area contributed by atoms with Gasteiger partial charge in [0.05, 0.1) is 4.92 Å². The fraction of sp³-hybridized carbons (Fsp3) is 0.133. The minimum absolute atomic E-state index is 0.0444. The maximum Gasteiger partial charge on any atom is 0.269 e. The molecule has 108 valence electrons. The second-order valence-electron chi connectivity index (χ2n) is 4.61. The predicted molar refractivity (Wildman–Crippen MR) is 77.1 cm³/mol. The molecule has 0 spiro atoms.